The third-order valence-electron chi connectivity index (χ3n) is 5.97. The Balaban J connectivity index is 1.70. The second-order valence-electron chi connectivity index (χ2n) is 8.17. The molecule has 0 fully saturated rings. The maximum Gasteiger partial charge on any atom is 0.123 e. The van der Waals surface area contributed by atoms with Gasteiger partial charge in [0.15, 0.2) is 0 Å². The van der Waals surface area contributed by atoms with Crippen molar-refractivity contribution in [3.05, 3.63) is 72.2 Å². The molecule has 2 aromatic carbocycles. The highest BCUT2D eigenvalue weighted by atomic mass is 15.1. The van der Waals surface area contributed by atoms with Crippen LogP contribution >= 0.6 is 0 Å². The van der Waals surface area contributed by atoms with Crippen LogP contribution in [0.15, 0.2) is 60.8 Å². The van der Waals surface area contributed by atoms with Crippen LogP contribution in [0.3, 0.4) is 0 Å². The summed E-state index contributed by atoms with van der Waals surface area (Å²) in [7, 11) is 0. The number of aromatic nitrogens is 2. The Labute approximate surface area is 188 Å². The second kappa shape index (κ2) is 12.3. The highest BCUT2D eigenvalue weighted by molar-refractivity contribution is 5.62. The molecular weight excluding hydrogens is 380 g/mol. The molecule has 0 aliphatic carbocycles. The van der Waals surface area contributed by atoms with Gasteiger partial charge in [-0.2, -0.15) is 0 Å². The van der Waals surface area contributed by atoms with Crippen molar-refractivity contribution in [1.29, 1.82) is 0 Å². The van der Waals surface area contributed by atoms with E-state index in [1.807, 2.05) is 6.20 Å². The summed E-state index contributed by atoms with van der Waals surface area (Å²) in [6, 6.07) is 19.6. The van der Waals surface area contributed by atoms with Gasteiger partial charge in [0.25, 0.3) is 0 Å². The van der Waals surface area contributed by atoms with Gasteiger partial charge in [0.2, 0.25) is 0 Å². The standard InChI is InChI=1S/C27H38N4/c1-4-7-8-12-15-25(28-20-22-13-10-9-11-14-22)27-29-21-26(30-27)23-16-18-24(19-17-23)31(5-2)6-3/h9-11,13-14,16-19,21,25,28H,4-8,12,15,20H2,1-3H3,(H,29,30)/t25-/m1/s1. The molecule has 0 aliphatic rings. The number of aromatic amines is 1. The van der Waals surface area contributed by atoms with E-state index in [-0.39, 0.29) is 6.04 Å². The summed E-state index contributed by atoms with van der Waals surface area (Å²) in [5.41, 5.74) is 4.84. The fourth-order valence-electron chi connectivity index (χ4n) is 4.05. The number of benzene rings is 2. The number of nitrogens with one attached hydrogen (secondary N) is 2. The molecule has 0 amide bonds. The number of imidazole rings is 1. The number of nitrogens with zero attached hydrogens (tertiary/aromatic N) is 2. The van der Waals surface area contributed by atoms with E-state index in [4.69, 9.17) is 4.98 Å². The van der Waals surface area contributed by atoms with Gasteiger partial charge >= 0.3 is 0 Å². The molecule has 0 unspecified atom stereocenters. The zero-order valence-corrected chi connectivity index (χ0v) is 19.4. The Morgan fingerprint density at radius 2 is 1.65 bits per heavy atom. The molecule has 1 aromatic heterocycles. The summed E-state index contributed by atoms with van der Waals surface area (Å²) >= 11 is 0. The molecule has 0 bridgehead atoms. The van der Waals surface area contributed by atoms with Crippen molar-refractivity contribution in [2.24, 2.45) is 0 Å². The fourth-order valence-corrected chi connectivity index (χ4v) is 4.05. The first-order valence-electron chi connectivity index (χ1n) is 11.9. The molecule has 0 radical (unpaired) electrons. The summed E-state index contributed by atoms with van der Waals surface area (Å²) < 4.78 is 0. The largest absolute Gasteiger partial charge is 0.372 e. The number of hydrogen-bond donors (Lipinski definition) is 2. The third-order valence-corrected chi connectivity index (χ3v) is 5.97. The van der Waals surface area contributed by atoms with E-state index in [9.17, 15) is 0 Å². The molecule has 1 heterocycles. The molecule has 4 heteroatoms. The molecule has 3 aromatic rings. The van der Waals surface area contributed by atoms with E-state index in [0.717, 1.165) is 37.6 Å². The van der Waals surface area contributed by atoms with Crippen molar-refractivity contribution >= 4 is 5.69 Å². The highest BCUT2D eigenvalue weighted by Gasteiger charge is 2.15. The van der Waals surface area contributed by atoms with E-state index in [2.05, 4.69) is 90.6 Å². The normalized spacial score (nSPS) is 12.1. The highest BCUT2D eigenvalue weighted by Crippen LogP contribution is 2.25. The van der Waals surface area contributed by atoms with Crippen LogP contribution in [0, 0.1) is 0 Å². The molecular formula is C27H38N4. The van der Waals surface area contributed by atoms with Gasteiger partial charge in [-0.15, -0.1) is 0 Å². The predicted octanol–water partition coefficient (Wildman–Crippen LogP) is 6.72. The average molecular weight is 419 g/mol. The van der Waals surface area contributed by atoms with Crippen molar-refractivity contribution < 1.29 is 0 Å². The molecule has 31 heavy (non-hydrogen) atoms. The van der Waals surface area contributed by atoms with Crippen LogP contribution in [0.5, 0.6) is 0 Å². The van der Waals surface area contributed by atoms with Crippen molar-refractivity contribution in [2.45, 2.75) is 65.5 Å². The molecule has 2 N–H and O–H groups in total. The maximum atomic E-state index is 4.77. The number of rotatable bonds is 13. The van der Waals surface area contributed by atoms with Crippen LogP contribution in [0.25, 0.3) is 11.3 Å². The number of H-pyrrole nitrogens is 1. The summed E-state index contributed by atoms with van der Waals surface area (Å²) in [4.78, 5) is 10.7. The monoisotopic (exact) mass is 418 g/mol. The molecule has 0 saturated carbocycles. The third kappa shape index (κ3) is 6.70. The van der Waals surface area contributed by atoms with E-state index in [1.54, 1.807) is 0 Å². The SMILES string of the molecule is CCCCCC[C@@H](NCc1ccccc1)c1ncc(-c2ccc(N(CC)CC)cc2)[nH]1. The van der Waals surface area contributed by atoms with E-state index in [1.165, 1.54) is 42.5 Å². The summed E-state index contributed by atoms with van der Waals surface area (Å²) in [5.74, 6) is 1.04. The Hall–Kier alpha value is -2.59. The summed E-state index contributed by atoms with van der Waals surface area (Å²) in [6.45, 7) is 9.56. The van der Waals surface area contributed by atoms with Crippen molar-refractivity contribution in [2.75, 3.05) is 18.0 Å². The lowest BCUT2D eigenvalue weighted by atomic mass is 10.1. The zero-order valence-electron chi connectivity index (χ0n) is 19.4. The van der Waals surface area contributed by atoms with Crippen molar-refractivity contribution in [3.8, 4) is 11.3 Å². The van der Waals surface area contributed by atoms with Gasteiger partial charge in [-0.25, -0.2) is 4.98 Å². The molecule has 0 aliphatic heterocycles. The van der Waals surface area contributed by atoms with Crippen LogP contribution in [0.2, 0.25) is 0 Å². The van der Waals surface area contributed by atoms with Crippen LogP contribution in [0.1, 0.15) is 70.3 Å². The van der Waals surface area contributed by atoms with Crippen LogP contribution in [0.4, 0.5) is 5.69 Å². The topological polar surface area (TPSA) is 44.0 Å². The Morgan fingerprint density at radius 3 is 2.32 bits per heavy atom. The lowest BCUT2D eigenvalue weighted by molar-refractivity contribution is 0.453. The second-order valence-corrected chi connectivity index (χ2v) is 8.17. The first-order valence-corrected chi connectivity index (χ1v) is 11.9. The number of unbranched alkanes of at least 4 members (excludes halogenated alkanes) is 3. The molecule has 0 spiro atoms. The summed E-state index contributed by atoms with van der Waals surface area (Å²) in [5, 5.41) is 3.73. The van der Waals surface area contributed by atoms with E-state index >= 15 is 0 Å². The Kier molecular flexibility index (Phi) is 9.16. The van der Waals surface area contributed by atoms with Crippen LogP contribution < -0.4 is 10.2 Å². The average Bonchev–Trinajstić information content (AvgIpc) is 3.31. The first kappa shape index (κ1) is 23.1. The minimum atomic E-state index is 0.237. The molecule has 166 valence electrons. The minimum absolute atomic E-state index is 0.237. The summed E-state index contributed by atoms with van der Waals surface area (Å²) in [6.07, 6.45) is 8.13. The van der Waals surface area contributed by atoms with Gasteiger partial charge in [-0.05, 0) is 43.5 Å². The van der Waals surface area contributed by atoms with Crippen LogP contribution in [-0.4, -0.2) is 23.1 Å². The van der Waals surface area contributed by atoms with Gasteiger partial charge < -0.3 is 15.2 Å². The quantitative estimate of drug-likeness (QED) is 0.303. The lowest BCUT2D eigenvalue weighted by Gasteiger charge is -2.21. The Morgan fingerprint density at radius 1 is 0.903 bits per heavy atom. The molecule has 0 saturated heterocycles. The predicted molar refractivity (Wildman–Crippen MR) is 132 cm³/mol. The van der Waals surface area contributed by atoms with Gasteiger partial charge in [0.05, 0.1) is 17.9 Å². The molecule has 4 nitrogen and oxygen atoms in total. The van der Waals surface area contributed by atoms with Crippen molar-refractivity contribution in [3.63, 3.8) is 0 Å². The maximum absolute atomic E-state index is 4.77. The minimum Gasteiger partial charge on any atom is -0.372 e. The van der Waals surface area contributed by atoms with E-state index in [0.29, 0.717) is 0 Å². The number of anilines is 1. The lowest BCUT2D eigenvalue weighted by Crippen LogP contribution is -2.22. The first-order chi connectivity index (χ1) is 15.2. The van der Waals surface area contributed by atoms with E-state index < -0.39 is 0 Å². The van der Waals surface area contributed by atoms with Crippen molar-refractivity contribution in [1.82, 2.24) is 15.3 Å². The Bertz CT molecular complexity index is 866. The molecule has 1 atom stereocenters. The van der Waals surface area contributed by atoms with Gasteiger partial charge in [0.1, 0.15) is 5.82 Å². The smallest absolute Gasteiger partial charge is 0.123 e. The number of hydrogen-bond acceptors (Lipinski definition) is 3. The van der Waals surface area contributed by atoms with Gasteiger partial charge in [-0.1, -0.05) is 75.1 Å². The fraction of sp³-hybridized carbons (Fsp3) is 0.444. The van der Waals surface area contributed by atoms with Crippen LogP contribution in [-0.2, 0) is 6.54 Å². The zero-order chi connectivity index (χ0) is 21.9. The van der Waals surface area contributed by atoms with Gasteiger partial charge in [-0.3, -0.25) is 0 Å². The van der Waals surface area contributed by atoms with Gasteiger partial charge in [0, 0.05) is 25.3 Å². The molecule has 3 rings (SSSR count).